The van der Waals surface area contributed by atoms with E-state index < -0.39 is 0 Å². The molecule has 2 heterocycles. The minimum Gasteiger partial charge on any atom is -0.356 e. The van der Waals surface area contributed by atoms with Gasteiger partial charge in [0.25, 0.3) is 0 Å². The Hall–Kier alpha value is -2.43. The van der Waals surface area contributed by atoms with E-state index in [0.29, 0.717) is 17.4 Å². The van der Waals surface area contributed by atoms with Gasteiger partial charge in [-0.05, 0) is 43.9 Å². The van der Waals surface area contributed by atoms with Gasteiger partial charge in [0.05, 0.1) is 0 Å². The monoisotopic (exact) mass is 310 g/mol. The van der Waals surface area contributed by atoms with E-state index in [2.05, 4.69) is 27.1 Å². The number of ketones is 1. The summed E-state index contributed by atoms with van der Waals surface area (Å²) >= 11 is 0. The number of aromatic nitrogens is 2. The van der Waals surface area contributed by atoms with Gasteiger partial charge in [-0.3, -0.25) is 4.79 Å². The van der Waals surface area contributed by atoms with Crippen molar-refractivity contribution in [2.45, 2.75) is 26.7 Å². The van der Waals surface area contributed by atoms with Crippen LogP contribution >= 0.6 is 0 Å². The van der Waals surface area contributed by atoms with Crippen LogP contribution < -0.4 is 10.2 Å². The summed E-state index contributed by atoms with van der Waals surface area (Å²) in [4.78, 5) is 22.7. The molecule has 1 unspecified atom stereocenters. The molecule has 1 aliphatic heterocycles. The largest absolute Gasteiger partial charge is 0.356 e. The normalized spacial score (nSPS) is 17.8. The number of benzene rings is 1. The molecule has 120 valence electrons. The molecule has 23 heavy (non-hydrogen) atoms. The summed E-state index contributed by atoms with van der Waals surface area (Å²) < 4.78 is 0. The zero-order valence-corrected chi connectivity index (χ0v) is 13.6. The van der Waals surface area contributed by atoms with Crippen molar-refractivity contribution in [2.75, 3.05) is 23.3 Å². The molecular formula is C18H22N4O. The summed E-state index contributed by atoms with van der Waals surface area (Å²) in [6.45, 7) is 5.92. The Labute approximate surface area is 136 Å². The minimum absolute atomic E-state index is 0.0469. The lowest BCUT2D eigenvalue weighted by atomic mass is 10.0. The third-order valence-corrected chi connectivity index (χ3v) is 4.15. The lowest BCUT2D eigenvalue weighted by Gasteiger charge is -2.31. The first-order chi connectivity index (χ1) is 11.1. The Morgan fingerprint density at radius 3 is 3.00 bits per heavy atom. The molecule has 0 saturated carbocycles. The van der Waals surface area contributed by atoms with E-state index in [0.717, 1.165) is 24.6 Å². The van der Waals surface area contributed by atoms with Crippen LogP contribution in [0.15, 0.2) is 36.5 Å². The van der Waals surface area contributed by atoms with Crippen molar-refractivity contribution in [3.8, 4) is 0 Å². The highest BCUT2D eigenvalue weighted by molar-refractivity contribution is 5.95. The lowest BCUT2D eigenvalue weighted by molar-refractivity contribution is 0.101. The van der Waals surface area contributed by atoms with Crippen LogP contribution in [0.4, 0.5) is 17.5 Å². The molecule has 0 amide bonds. The highest BCUT2D eigenvalue weighted by atomic mass is 16.1. The number of carbonyl (C=O) groups excluding carboxylic acids is 1. The predicted octanol–water partition coefficient (Wildman–Crippen LogP) is 3.66. The highest BCUT2D eigenvalue weighted by Crippen LogP contribution is 2.22. The summed E-state index contributed by atoms with van der Waals surface area (Å²) in [6.07, 6.45) is 4.26. The first-order valence-corrected chi connectivity index (χ1v) is 8.08. The molecule has 1 aromatic heterocycles. The average molecular weight is 310 g/mol. The maximum Gasteiger partial charge on any atom is 0.229 e. The molecule has 1 N–H and O–H groups in total. The summed E-state index contributed by atoms with van der Waals surface area (Å²) in [5.41, 5.74) is 1.50. The zero-order valence-electron chi connectivity index (χ0n) is 13.6. The van der Waals surface area contributed by atoms with E-state index in [1.165, 1.54) is 12.8 Å². The van der Waals surface area contributed by atoms with E-state index in [4.69, 9.17) is 0 Å². The van der Waals surface area contributed by atoms with Gasteiger partial charge in [-0.25, -0.2) is 4.98 Å². The second-order valence-electron chi connectivity index (χ2n) is 6.19. The number of anilines is 3. The van der Waals surface area contributed by atoms with Crippen molar-refractivity contribution in [1.82, 2.24) is 9.97 Å². The molecule has 0 bridgehead atoms. The molecule has 0 aliphatic carbocycles. The average Bonchev–Trinajstić information content (AvgIpc) is 2.55. The zero-order chi connectivity index (χ0) is 16.2. The number of nitrogens with one attached hydrogen (secondary N) is 1. The summed E-state index contributed by atoms with van der Waals surface area (Å²) in [5, 5.41) is 3.19. The molecular weight excluding hydrogens is 288 g/mol. The fourth-order valence-corrected chi connectivity index (χ4v) is 2.93. The smallest absolute Gasteiger partial charge is 0.229 e. The molecule has 1 atom stereocenters. The fourth-order valence-electron chi connectivity index (χ4n) is 2.93. The molecule has 1 fully saturated rings. The van der Waals surface area contributed by atoms with E-state index in [-0.39, 0.29) is 5.78 Å². The number of carbonyl (C=O) groups is 1. The maximum absolute atomic E-state index is 11.5. The van der Waals surface area contributed by atoms with Crippen LogP contribution in [0.25, 0.3) is 0 Å². The van der Waals surface area contributed by atoms with Crippen molar-refractivity contribution >= 4 is 23.2 Å². The number of rotatable bonds is 4. The van der Waals surface area contributed by atoms with Crippen LogP contribution in [0.2, 0.25) is 0 Å². The first kappa shape index (κ1) is 15.5. The quantitative estimate of drug-likeness (QED) is 0.873. The second kappa shape index (κ2) is 6.77. The van der Waals surface area contributed by atoms with Crippen LogP contribution in [0.3, 0.4) is 0 Å². The SMILES string of the molecule is CC(=O)c1cccc(Nc2nccc(N3CCCC(C)C3)n2)c1. The maximum atomic E-state index is 11.5. The van der Waals surface area contributed by atoms with Gasteiger partial charge in [0.15, 0.2) is 5.78 Å². The third-order valence-electron chi connectivity index (χ3n) is 4.15. The molecule has 5 nitrogen and oxygen atoms in total. The molecule has 1 aliphatic rings. The Bertz CT molecular complexity index is 701. The molecule has 2 aromatic rings. The van der Waals surface area contributed by atoms with Gasteiger partial charge in [-0.15, -0.1) is 0 Å². The Morgan fingerprint density at radius 1 is 1.35 bits per heavy atom. The van der Waals surface area contributed by atoms with Gasteiger partial charge in [-0.1, -0.05) is 19.1 Å². The Morgan fingerprint density at radius 2 is 2.22 bits per heavy atom. The van der Waals surface area contributed by atoms with Crippen molar-refractivity contribution < 1.29 is 4.79 Å². The summed E-state index contributed by atoms with van der Waals surface area (Å²) in [5.74, 6) is 2.26. The fraction of sp³-hybridized carbons (Fsp3) is 0.389. The minimum atomic E-state index is 0.0469. The van der Waals surface area contributed by atoms with Crippen LogP contribution in [0, 0.1) is 5.92 Å². The highest BCUT2D eigenvalue weighted by Gasteiger charge is 2.17. The van der Waals surface area contributed by atoms with Gasteiger partial charge >= 0.3 is 0 Å². The molecule has 1 saturated heterocycles. The first-order valence-electron chi connectivity index (χ1n) is 8.08. The molecule has 3 rings (SSSR count). The van der Waals surface area contributed by atoms with Gasteiger partial charge in [-0.2, -0.15) is 4.98 Å². The van der Waals surface area contributed by atoms with Crippen molar-refractivity contribution in [2.24, 2.45) is 5.92 Å². The number of hydrogen-bond acceptors (Lipinski definition) is 5. The predicted molar refractivity (Wildman–Crippen MR) is 92.4 cm³/mol. The molecule has 0 radical (unpaired) electrons. The van der Waals surface area contributed by atoms with Crippen LogP contribution in [-0.4, -0.2) is 28.8 Å². The van der Waals surface area contributed by atoms with Crippen LogP contribution in [0.5, 0.6) is 0 Å². The summed E-state index contributed by atoms with van der Waals surface area (Å²) in [6, 6.07) is 9.34. The number of hydrogen-bond donors (Lipinski definition) is 1. The molecule has 0 spiro atoms. The van der Waals surface area contributed by atoms with E-state index >= 15 is 0 Å². The second-order valence-corrected chi connectivity index (χ2v) is 6.19. The van der Waals surface area contributed by atoms with Crippen molar-refractivity contribution in [3.05, 3.63) is 42.1 Å². The van der Waals surface area contributed by atoms with Gasteiger partial charge < -0.3 is 10.2 Å². The Balaban J connectivity index is 1.77. The van der Waals surface area contributed by atoms with Crippen LogP contribution in [-0.2, 0) is 0 Å². The third kappa shape index (κ3) is 3.86. The van der Waals surface area contributed by atoms with E-state index in [1.54, 1.807) is 19.2 Å². The van der Waals surface area contributed by atoms with Gasteiger partial charge in [0, 0.05) is 30.5 Å². The molecule has 1 aromatic carbocycles. The summed E-state index contributed by atoms with van der Waals surface area (Å²) in [7, 11) is 0. The van der Waals surface area contributed by atoms with Gasteiger partial charge in [0.1, 0.15) is 5.82 Å². The molecule has 5 heteroatoms. The van der Waals surface area contributed by atoms with Gasteiger partial charge in [0.2, 0.25) is 5.95 Å². The number of Topliss-reactive ketones (excluding diaryl/α,β-unsaturated/α-hetero) is 1. The van der Waals surface area contributed by atoms with Crippen molar-refractivity contribution in [1.29, 1.82) is 0 Å². The van der Waals surface area contributed by atoms with Crippen molar-refractivity contribution in [3.63, 3.8) is 0 Å². The number of nitrogens with zero attached hydrogens (tertiary/aromatic N) is 3. The van der Waals surface area contributed by atoms with E-state index in [1.807, 2.05) is 24.3 Å². The number of piperidine rings is 1. The topological polar surface area (TPSA) is 58.1 Å². The van der Waals surface area contributed by atoms with E-state index in [9.17, 15) is 4.79 Å². The standard InChI is InChI=1S/C18H22N4O/c1-13-5-4-10-22(12-13)17-8-9-19-18(21-17)20-16-7-3-6-15(11-16)14(2)23/h3,6-9,11,13H,4-5,10,12H2,1-2H3,(H,19,20,21). The van der Waals surface area contributed by atoms with Crippen LogP contribution in [0.1, 0.15) is 37.0 Å². The lowest BCUT2D eigenvalue weighted by Crippen LogP contribution is -2.34. The Kier molecular flexibility index (Phi) is 4.55.